The Morgan fingerprint density at radius 3 is 2.88 bits per heavy atom. The number of hydrogen-bond donors (Lipinski definition) is 0. The molecule has 1 spiro atoms. The lowest BCUT2D eigenvalue weighted by atomic mass is 9.97. The second-order valence-electron chi connectivity index (χ2n) is 5.11. The number of ether oxygens (including phenoxy) is 1. The standard InChI is InChI=1S/C14H17NO2/c1-10(2)15-9-5-8-14(15)12-7-4-3-6-11(12)13(16)17-14/h3-4,6-7,10H,5,8-9H2,1-2H3. The first-order valence-corrected chi connectivity index (χ1v) is 6.25. The van der Waals surface area contributed by atoms with Crippen molar-refractivity contribution in [2.45, 2.75) is 38.5 Å². The molecule has 3 nitrogen and oxygen atoms in total. The maximum Gasteiger partial charge on any atom is 0.340 e. The van der Waals surface area contributed by atoms with E-state index in [4.69, 9.17) is 4.74 Å². The number of hydrogen-bond acceptors (Lipinski definition) is 3. The Morgan fingerprint density at radius 1 is 1.35 bits per heavy atom. The van der Waals surface area contributed by atoms with Crippen molar-refractivity contribution in [1.29, 1.82) is 0 Å². The summed E-state index contributed by atoms with van der Waals surface area (Å²) >= 11 is 0. The molecule has 2 aliphatic rings. The Labute approximate surface area is 101 Å². The van der Waals surface area contributed by atoms with Crippen molar-refractivity contribution in [3.8, 4) is 0 Å². The van der Waals surface area contributed by atoms with Crippen LogP contribution in [0.2, 0.25) is 0 Å². The van der Waals surface area contributed by atoms with Crippen LogP contribution in [0.5, 0.6) is 0 Å². The highest BCUT2D eigenvalue weighted by Crippen LogP contribution is 2.47. The molecular formula is C14H17NO2. The molecule has 17 heavy (non-hydrogen) atoms. The highest BCUT2D eigenvalue weighted by Gasteiger charge is 2.52. The predicted octanol–water partition coefficient (Wildman–Crippen LogP) is 2.51. The van der Waals surface area contributed by atoms with E-state index in [1.54, 1.807) is 0 Å². The lowest BCUT2D eigenvalue weighted by Gasteiger charge is -2.36. The summed E-state index contributed by atoms with van der Waals surface area (Å²) in [5.74, 6) is -0.173. The molecule has 3 heteroatoms. The molecule has 1 unspecified atom stereocenters. The zero-order valence-electron chi connectivity index (χ0n) is 10.3. The summed E-state index contributed by atoms with van der Waals surface area (Å²) in [7, 11) is 0. The van der Waals surface area contributed by atoms with Crippen LogP contribution in [0, 0.1) is 0 Å². The molecule has 3 rings (SSSR count). The van der Waals surface area contributed by atoms with Crippen LogP contribution in [-0.4, -0.2) is 23.5 Å². The second kappa shape index (κ2) is 3.57. The molecular weight excluding hydrogens is 214 g/mol. The summed E-state index contributed by atoms with van der Waals surface area (Å²) < 4.78 is 5.74. The van der Waals surface area contributed by atoms with Crippen LogP contribution in [0.15, 0.2) is 24.3 Å². The van der Waals surface area contributed by atoms with Gasteiger partial charge in [0.15, 0.2) is 5.72 Å². The third-order valence-corrected chi connectivity index (χ3v) is 3.83. The molecule has 2 heterocycles. The normalized spacial score (nSPS) is 27.8. The molecule has 0 amide bonds. The number of esters is 1. The summed E-state index contributed by atoms with van der Waals surface area (Å²) in [5, 5.41) is 0. The van der Waals surface area contributed by atoms with Gasteiger partial charge in [0.2, 0.25) is 0 Å². The predicted molar refractivity (Wildman–Crippen MR) is 64.6 cm³/mol. The van der Waals surface area contributed by atoms with Crippen molar-refractivity contribution in [3.63, 3.8) is 0 Å². The molecule has 1 aromatic carbocycles. The van der Waals surface area contributed by atoms with Gasteiger partial charge in [-0.05, 0) is 26.3 Å². The molecule has 1 fully saturated rings. The summed E-state index contributed by atoms with van der Waals surface area (Å²) in [5.41, 5.74) is 1.30. The molecule has 0 N–H and O–H groups in total. The first kappa shape index (κ1) is 10.8. The molecule has 0 saturated carbocycles. The van der Waals surface area contributed by atoms with E-state index in [-0.39, 0.29) is 5.97 Å². The Morgan fingerprint density at radius 2 is 2.12 bits per heavy atom. The highest BCUT2D eigenvalue weighted by atomic mass is 16.6. The van der Waals surface area contributed by atoms with Gasteiger partial charge in [-0.15, -0.1) is 0 Å². The zero-order valence-corrected chi connectivity index (χ0v) is 10.3. The first-order valence-electron chi connectivity index (χ1n) is 6.25. The summed E-state index contributed by atoms with van der Waals surface area (Å²) in [6.07, 6.45) is 1.99. The van der Waals surface area contributed by atoms with E-state index in [0.717, 1.165) is 30.5 Å². The van der Waals surface area contributed by atoms with Gasteiger partial charge in [-0.2, -0.15) is 0 Å². The van der Waals surface area contributed by atoms with Crippen molar-refractivity contribution in [1.82, 2.24) is 4.90 Å². The smallest absolute Gasteiger partial charge is 0.340 e. The maximum atomic E-state index is 11.9. The number of fused-ring (bicyclic) bond motifs is 2. The van der Waals surface area contributed by atoms with E-state index in [9.17, 15) is 4.79 Å². The Bertz CT molecular complexity index is 469. The minimum Gasteiger partial charge on any atom is -0.436 e. The zero-order chi connectivity index (χ0) is 12.0. The Balaban J connectivity index is 2.13. The molecule has 0 bridgehead atoms. The van der Waals surface area contributed by atoms with Gasteiger partial charge in [0.25, 0.3) is 0 Å². The number of rotatable bonds is 1. The van der Waals surface area contributed by atoms with Crippen molar-refractivity contribution in [3.05, 3.63) is 35.4 Å². The molecule has 0 aromatic heterocycles. The largest absolute Gasteiger partial charge is 0.436 e. The van der Waals surface area contributed by atoms with Crippen LogP contribution in [0.4, 0.5) is 0 Å². The molecule has 1 saturated heterocycles. The van der Waals surface area contributed by atoms with Gasteiger partial charge < -0.3 is 4.74 Å². The third-order valence-electron chi connectivity index (χ3n) is 3.83. The first-order chi connectivity index (χ1) is 8.15. The van der Waals surface area contributed by atoms with Crippen molar-refractivity contribution < 1.29 is 9.53 Å². The summed E-state index contributed by atoms with van der Waals surface area (Å²) in [6, 6.07) is 8.16. The van der Waals surface area contributed by atoms with Crippen LogP contribution in [0.1, 0.15) is 42.6 Å². The van der Waals surface area contributed by atoms with Crippen LogP contribution < -0.4 is 0 Å². The summed E-state index contributed by atoms with van der Waals surface area (Å²) in [4.78, 5) is 14.2. The van der Waals surface area contributed by atoms with E-state index < -0.39 is 5.72 Å². The topological polar surface area (TPSA) is 29.5 Å². The van der Waals surface area contributed by atoms with Crippen LogP contribution in [0.25, 0.3) is 0 Å². The van der Waals surface area contributed by atoms with Gasteiger partial charge in [-0.3, -0.25) is 4.90 Å². The molecule has 1 aromatic rings. The molecule has 0 aliphatic carbocycles. The Hall–Kier alpha value is -1.35. The second-order valence-corrected chi connectivity index (χ2v) is 5.11. The molecule has 2 aliphatic heterocycles. The quantitative estimate of drug-likeness (QED) is 0.695. The third kappa shape index (κ3) is 1.35. The number of benzene rings is 1. The number of likely N-dealkylation sites (tertiary alicyclic amines) is 1. The van der Waals surface area contributed by atoms with Gasteiger partial charge in [0.1, 0.15) is 0 Å². The van der Waals surface area contributed by atoms with E-state index in [1.165, 1.54) is 0 Å². The minimum absolute atomic E-state index is 0.173. The van der Waals surface area contributed by atoms with Gasteiger partial charge in [-0.25, -0.2) is 4.79 Å². The minimum atomic E-state index is -0.484. The fraction of sp³-hybridized carbons (Fsp3) is 0.500. The van der Waals surface area contributed by atoms with Crippen LogP contribution in [-0.2, 0) is 10.5 Å². The fourth-order valence-electron chi connectivity index (χ4n) is 3.15. The molecule has 90 valence electrons. The van der Waals surface area contributed by atoms with Gasteiger partial charge in [0.05, 0.1) is 5.56 Å². The van der Waals surface area contributed by atoms with E-state index >= 15 is 0 Å². The highest BCUT2D eigenvalue weighted by molar-refractivity contribution is 5.94. The number of nitrogens with zero attached hydrogens (tertiary/aromatic N) is 1. The van der Waals surface area contributed by atoms with Crippen molar-refractivity contribution >= 4 is 5.97 Å². The van der Waals surface area contributed by atoms with E-state index in [1.807, 2.05) is 24.3 Å². The van der Waals surface area contributed by atoms with Crippen molar-refractivity contribution in [2.75, 3.05) is 6.54 Å². The Kier molecular flexibility index (Phi) is 2.26. The molecule has 1 atom stereocenters. The summed E-state index contributed by atoms with van der Waals surface area (Å²) in [6.45, 7) is 5.31. The average Bonchev–Trinajstić information content (AvgIpc) is 2.84. The van der Waals surface area contributed by atoms with E-state index in [0.29, 0.717) is 6.04 Å². The number of carbonyl (C=O) groups excluding carboxylic acids is 1. The van der Waals surface area contributed by atoms with Gasteiger partial charge in [-0.1, -0.05) is 18.2 Å². The SMILES string of the molecule is CC(C)N1CCCC12OC(=O)c1ccccc12. The lowest BCUT2D eigenvalue weighted by Crippen LogP contribution is -2.45. The van der Waals surface area contributed by atoms with Gasteiger partial charge in [0, 0.05) is 24.6 Å². The van der Waals surface area contributed by atoms with Gasteiger partial charge >= 0.3 is 5.97 Å². The molecule has 0 radical (unpaired) electrons. The lowest BCUT2D eigenvalue weighted by molar-refractivity contribution is -0.103. The fourth-order valence-corrected chi connectivity index (χ4v) is 3.15. The van der Waals surface area contributed by atoms with E-state index in [2.05, 4.69) is 18.7 Å². The number of carbonyl (C=O) groups is 1. The maximum absolute atomic E-state index is 11.9. The van der Waals surface area contributed by atoms with Crippen LogP contribution >= 0.6 is 0 Å². The monoisotopic (exact) mass is 231 g/mol. The van der Waals surface area contributed by atoms with Crippen molar-refractivity contribution in [2.24, 2.45) is 0 Å². The average molecular weight is 231 g/mol. The van der Waals surface area contributed by atoms with Crippen LogP contribution in [0.3, 0.4) is 0 Å².